The number of carbonyl (C=O) groups excluding carboxylic acids is 2. The summed E-state index contributed by atoms with van der Waals surface area (Å²) in [7, 11) is 1.49. The predicted octanol–water partition coefficient (Wildman–Crippen LogP) is 4.93. The summed E-state index contributed by atoms with van der Waals surface area (Å²) in [6.07, 6.45) is 0.628. The van der Waals surface area contributed by atoms with Gasteiger partial charge in [-0.1, -0.05) is 39.8 Å². The highest BCUT2D eigenvalue weighted by Gasteiger charge is 2.46. The smallest absolute Gasteiger partial charge is 0.295 e. The highest BCUT2D eigenvalue weighted by Crippen LogP contribution is 2.43. The number of likely N-dealkylation sites (tertiary alicyclic amines) is 1. The Morgan fingerprint density at radius 1 is 1.06 bits per heavy atom. The van der Waals surface area contributed by atoms with Crippen LogP contribution in [0.5, 0.6) is 17.2 Å². The maximum absolute atomic E-state index is 13.2. The van der Waals surface area contributed by atoms with Crippen LogP contribution < -0.4 is 9.47 Å². The second-order valence-electron chi connectivity index (χ2n) is 9.32. The minimum atomic E-state index is -0.831. The van der Waals surface area contributed by atoms with Crippen LogP contribution in [0.25, 0.3) is 5.76 Å². The number of phenols is 1. The molecule has 0 bridgehead atoms. The summed E-state index contributed by atoms with van der Waals surface area (Å²) in [6.45, 7) is 10.5. The normalized spacial score (nSPS) is 17.8. The molecule has 0 saturated carbocycles. The number of aliphatic hydroxyl groups is 1. The number of nitrogens with zero attached hydrogens (tertiary/aromatic N) is 1. The molecule has 2 aromatic rings. The van der Waals surface area contributed by atoms with E-state index in [0.29, 0.717) is 36.4 Å². The first-order chi connectivity index (χ1) is 16.0. The van der Waals surface area contributed by atoms with Gasteiger partial charge in [0.15, 0.2) is 11.5 Å². The van der Waals surface area contributed by atoms with Crippen LogP contribution in [0.4, 0.5) is 0 Å². The third kappa shape index (κ3) is 4.60. The number of phenolic OH excluding ortho intramolecular Hbond substituents is 1. The molecule has 34 heavy (non-hydrogen) atoms. The summed E-state index contributed by atoms with van der Waals surface area (Å²) in [5, 5.41) is 21.6. The van der Waals surface area contributed by atoms with Crippen molar-refractivity contribution >= 4 is 17.4 Å². The molecule has 1 amide bonds. The number of Topliss-reactive ketones (excluding diaryl/α,β-unsaturated/α-hetero) is 1. The molecule has 2 N–H and O–H groups in total. The largest absolute Gasteiger partial charge is 0.507 e. The van der Waals surface area contributed by atoms with E-state index in [1.54, 1.807) is 31.2 Å². The second-order valence-corrected chi connectivity index (χ2v) is 9.32. The highest BCUT2D eigenvalue weighted by atomic mass is 16.5. The molecular weight excluding hydrogens is 434 g/mol. The molecule has 182 valence electrons. The lowest BCUT2D eigenvalue weighted by Crippen LogP contribution is -2.30. The Balaban J connectivity index is 2.28. The van der Waals surface area contributed by atoms with Gasteiger partial charge in [0.1, 0.15) is 11.5 Å². The number of ketones is 1. The number of aromatic hydroxyl groups is 1. The molecule has 7 heteroatoms. The quantitative estimate of drug-likeness (QED) is 0.341. The monoisotopic (exact) mass is 467 g/mol. The van der Waals surface area contributed by atoms with Crippen LogP contribution in [0.2, 0.25) is 0 Å². The number of aliphatic hydroxyl groups excluding tert-OH is 1. The molecule has 3 rings (SSSR count). The molecule has 1 heterocycles. The van der Waals surface area contributed by atoms with Crippen molar-refractivity contribution in [2.45, 2.75) is 52.5 Å². The van der Waals surface area contributed by atoms with Crippen molar-refractivity contribution in [2.75, 3.05) is 20.3 Å². The zero-order valence-corrected chi connectivity index (χ0v) is 20.6. The molecule has 0 aromatic heterocycles. The first-order valence-corrected chi connectivity index (χ1v) is 11.5. The number of carbonyl (C=O) groups is 2. The van der Waals surface area contributed by atoms with E-state index >= 15 is 0 Å². The Hall–Kier alpha value is -3.48. The molecule has 1 unspecified atom stereocenters. The van der Waals surface area contributed by atoms with Crippen LogP contribution in [0.1, 0.15) is 63.8 Å². The Labute approximate surface area is 200 Å². The van der Waals surface area contributed by atoms with Crippen LogP contribution in [0, 0.1) is 0 Å². The van der Waals surface area contributed by atoms with E-state index in [4.69, 9.17) is 9.47 Å². The Kier molecular flexibility index (Phi) is 7.24. The van der Waals surface area contributed by atoms with E-state index in [1.807, 2.05) is 33.8 Å². The third-order valence-corrected chi connectivity index (χ3v) is 5.92. The maximum Gasteiger partial charge on any atom is 0.295 e. The molecule has 0 aliphatic carbocycles. The van der Waals surface area contributed by atoms with Crippen molar-refractivity contribution < 1.29 is 29.3 Å². The molecule has 1 aliphatic heterocycles. The van der Waals surface area contributed by atoms with Gasteiger partial charge in [0.2, 0.25) is 0 Å². The average Bonchev–Trinajstić information content (AvgIpc) is 3.04. The molecule has 2 aromatic carbocycles. The van der Waals surface area contributed by atoms with Crippen LogP contribution in [0.15, 0.2) is 42.0 Å². The van der Waals surface area contributed by atoms with Gasteiger partial charge in [0.05, 0.1) is 30.9 Å². The summed E-state index contributed by atoms with van der Waals surface area (Å²) >= 11 is 0. The van der Waals surface area contributed by atoms with Crippen molar-refractivity contribution in [1.29, 1.82) is 0 Å². The van der Waals surface area contributed by atoms with Crippen LogP contribution in [0.3, 0.4) is 0 Å². The lowest BCUT2D eigenvalue weighted by molar-refractivity contribution is -0.139. The minimum absolute atomic E-state index is 0.0176. The summed E-state index contributed by atoms with van der Waals surface area (Å²) in [4.78, 5) is 27.7. The number of benzene rings is 2. The van der Waals surface area contributed by atoms with Crippen molar-refractivity contribution in [3.05, 3.63) is 58.7 Å². The predicted molar refractivity (Wildman–Crippen MR) is 130 cm³/mol. The first kappa shape index (κ1) is 25.1. The number of methoxy groups -OCH3 is 1. The van der Waals surface area contributed by atoms with Gasteiger partial charge < -0.3 is 24.6 Å². The topological polar surface area (TPSA) is 96.3 Å². The lowest BCUT2D eigenvalue weighted by atomic mass is 9.85. The van der Waals surface area contributed by atoms with Gasteiger partial charge in [0.25, 0.3) is 11.7 Å². The average molecular weight is 468 g/mol. The molecule has 7 nitrogen and oxygen atoms in total. The van der Waals surface area contributed by atoms with E-state index in [-0.39, 0.29) is 28.2 Å². The van der Waals surface area contributed by atoms with Crippen LogP contribution in [-0.2, 0) is 15.0 Å². The van der Waals surface area contributed by atoms with Crippen molar-refractivity contribution in [3.8, 4) is 17.2 Å². The molecule has 1 atom stereocenters. The standard InChI is InChI=1S/C27H33NO6/c1-7-13-28-23(16-9-11-19(29)21(14-16)34-8-2)22(25(31)26(28)32)24(30)18-15-17(27(3,4)5)10-12-20(18)33-6/h9-12,14-15,23,29-30H,7-8,13H2,1-6H3/b24-22+. The van der Waals surface area contributed by atoms with Gasteiger partial charge in [-0.05, 0) is 54.2 Å². The van der Waals surface area contributed by atoms with E-state index in [1.165, 1.54) is 18.1 Å². The molecular formula is C27H33NO6. The minimum Gasteiger partial charge on any atom is -0.507 e. The Bertz CT molecular complexity index is 1130. The van der Waals surface area contributed by atoms with Crippen molar-refractivity contribution in [1.82, 2.24) is 4.90 Å². The first-order valence-electron chi connectivity index (χ1n) is 11.5. The van der Waals surface area contributed by atoms with Crippen molar-refractivity contribution in [2.24, 2.45) is 0 Å². The number of hydrogen-bond donors (Lipinski definition) is 2. The van der Waals surface area contributed by atoms with Gasteiger partial charge in [-0.25, -0.2) is 0 Å². The molecule has 0 spiro atoms. The van der Waals surface area contributed by atoms with Crippen LogP contribution in [-0.4, -0.2) is 47.1 Å². The second kappa shape index (κ2) is 9.79. The number of ether oxygens (including phenoxy) is 2. The van der Waals surface area contributed by atoms with Gasteiger partial charge in [-0.2, -0.15) is 0 Å². The van der Waals surface area contributed by atoms with E-state index in [2.05, 4.69) is 0 Å². The number of rotatable bonds is 7. The molecule has 1 fully saturated rings. The zero-order chi connectivity index (χ0) is 25.2. The fourth-order valence-electron chi connectivity index (χ4n) is 4.17. The number of amides is 1. The molecule has 1 aliphatic rings. The molecule has 1 saturated heterocycles. The van der Waals surface area contributed by atoms with E-state index in [9.17, 15) is 19.8 Å². The van der Waals surface area contributed by atoms with E-state index < -0.39 is 17.7 Å². The summed E-state index contributed by atoms with van der Waals surface area (Å²) in [6, 6.07) is 9.33. The Morgan fingerprint density at radius 2 is 1.76 bits per heavy atom. The maximum atomic E-state index is 13.2. The van der Waals surface area contributed by atoms with Gasteiger partial charge >= 0.3 is 0 Å². The molecule has 0 radical (unpaired) electrons. The fraction of sp³-hybridized carbons (Fsp3) is 0.407. The summed E-state index contributed by atoms with van der Waals surface area (Å²) < 4.78 is 11.0. The zero-order valence-electron chi connectivity index (χ0n) is 20.6. The highest BCUT2D eigenvalue weighted by molar-refractivity contribution is 6.46. The summed E-state index contributed by atoms with van der Waals surface area (Å²) in [5.41, 5.74) is 1.62. The van der Waals surface area contributed by atoms with Gasteiger partial charge in [0, 0.05) is 6.54 Å². The van der Waals surface area contributed by atoms with Gasteiger partial charge in [-0.3, -0.25) is 9.59 Å². The Morgan fingerprint density at radius 3 is 2.35 bits per heavy atom. The summed E-state index contributed by atoms with van der Waals surface area (Å²) in [5.74, 6) is -1.13. The van der Waals surface area contributed by atoms with Crippen LogP contribution >= 0.6 is 0 Å². The fourth-order valence-corrected chi connectivity index (χ4v) is 4.17. The SMILES string of the molecule is CCCN1C(=O)C(=O)/C(=C(/O)c2cc(C(C)(C)C)ccc2OC)C1c1ccc(O)c(OCC)c1. The van der Waals surface area contributed by atoms with Gasteiger partial charge in [-0.15, -0.1) is 0 Å². The van der Waals surface area contributed by atoms with E-state index in [0.717, 1.165) is 5.56 Å². The third-order valence-electron chi connectivity index (χ3n) is 5.92. The lowest BCUT2D eigenvalue weighted by Gasteiger charge is -2.26. The van der Waals surface area contributed by atoms with Crippen molar-refractivity contribution in [3.63, 3.8) is 0 Å². The number of hydrogen-bond acceptors (Lipinski definition) is 6.